The summed E-state index contributed by atoms with van der Waals surface area (Å²) in [6.07, 6.45) is 2.42. The summed E-state index contributed by atoms with van der Waals surface area (Å²) >= 11 is 0. The van der Waals surface area contributed by atoms with Crippen LogP contribution in [0.15, 0.2) is 18.2 Å². The number of anilines is 2. The molecule has 0 radical (unpaired) electrons. The van der Waals surface area contributed by atoms with Gasteiger partial charge in [0.15, 0.2) is 0 Å². The lowest BCUT2D eigenvalue weighted by molar-refractivity contribution is 0.830. The number of hydrogen-bond donors (Lipinski definition) is 2. The first kappa shape index (κ1) is 9.90. The van der Waals surface area contributed by atoms with Crippen molar-refractivity contribution >= 4 is 11.4 Å². The zero-order chi connectivity index (χ0) is 9.68. The topological polar surface area (TPSA) is 38.0 Å². The van der Waals surface area contributed by atoms with Gasteiger partial charge in [0.2, 0.25) is 0 Å². The van der Waals surface area contributed by atoms with E-state index in [4.69, 9.17) is 5.73 Å². The second kappa shape index (κ2) is 4.75. The fourth-order valence-electron chi connectivity index (χ4n) is 1.48. The molecule has 0 spiro atoms. The summed E-state index contributed by atoms with van der Waals surface area (Å²) in [4.78, 5) is 0. The Morgan fingerprint density at radius 3 is 2.85 bits per heavy atom. The van der Waals surface area contributed by atoms with Gasteiger partial charge >= 0.3 is 0 Å². The summed E-state index contributed by atoms with van der Waals surface area (Å²) < 4.78 is 0. The molecule has 0 aromatic heterocycles. The summed E-state index contributed by atoms with van der Waals surface area (Å²) in [5.74, 6) is 0. The molecule has 0 saturated carbocycles. The van der Waals surface area contributed by atoms with Crippen LogP contribution >= 0.6 is 0 Å². The molecule has 0 bridgehead atoms. The monoisotopic (exact) mass is 178 g/mol. The maximum Gasteiger partial charge on any atom is 0.0393 e. The van der Waals surface area contributed by atoms with E-state index in [9.17, 15) is 0 Å². The predicted octanol–water partition coefficient (Wildman–Crippen LogP) is 2.65. The Balaban J connectivity index is 0.000000396. The number of benzene rings is 1. The number of hydrogen-bond acceptors (Lipinski definition) is 2. The molecular formula is C11H18N2. The van der Waals surface area contributed by atoms with Crippen molar-refractivity contribution < 1.29 is 0 Å². The molecule has 1 aliphatic heterocycles. The molecule has 2 nitrogen and oxygen atoms in total. The molecule has 0 atom stereocenters. The third kappa shape index (κ3) is 2.38. The van der Waals surface area contributed by atoms with Crippen LogP contribution in [0.2, 0.25) is 0 Å². The van der Waals surface area contributed by atoms with E-state index in [0.29, 0.717) is 0 Å². The molecule has 0 fully saturated rings. The minimum atomic E-state index is 0.846. The predicted molar refractivity (Wildman–Crippen MR) is 59.0 cm³/mol. The lowest BCUT2D eigenvalue weighted by Crippen LogP contribution is -2.11. The standard InChI is InChI=1S/C9H12N2.C2H6/c10-8-4-3-7-2-1-5-11-9(7)6-8;1-2/h3-4,6,11H,1-2,5,10H2;1-2H3. The van der Waals surface area contributed by atoms with E-state index < -0.39 is 0 Å². The minimum Gasteiger partial charge on any atom is -0.399 e. The number of rotatable bonds is 0. The van der Waals surface area contributed by atoms with Gasteiger partial charge in [-0.1, -0.05) is 19.9 Å². The maximum absolute atomic E-state index is 5.64. The molecule has 0 unspecified atom stereocenters. The number of nitrogens with two attached hydrogens (primary N) is 1. The molecule has 2 heteroatoms. The number of nitrogen functional groups attached to an aromatic ring is 1. The van der Waals surface area contributed by atoms with Crippen LogP contribution in [-0.2, 0) is 6.42 Å². The number of aryl methyl sites for hydroxylation is 1. The molecule has 1 heterocycles. The molecule has 1 aromatic carbocycles. The molecule has 0 aliphatic carbocycles. The third-order valence-electron chi connectivity index (χ3n) is 2.07. The van der Waals surface area contributed by atoms with E-state index in [1.165, 1.54) is 24.1 Å². The molecule has 0 saturated heterocycles. The van der Waals surface area contributed by atoms with Crippen LogP contribution in [0.3, 0.4) is 0 Å². The molecule has 13 heavy (non-hydrogen) atoms. The Labute approximate surface area is 80.1 Å². The van der Waals surface area contributed by atoms with E-state index >= 15 is 0 Å². The average Bonchev–Trinajstić information content (AvgIpc) is 2.21. The van der Waals surface area contributed by atoms with Gasteiger partial charge in [-0.2, -0.15) is 0 Å². The molecule has 0 amide bonds. The van der Waals surface area contributed by atoms with Gasteiger partial charge in [-0.05, 0) is 30.5 Å². The fraction of sp³-hybridized carbons (Fsp3) is 0.455. The van der Waals surface area contributed by atoms with Crippen molar-refractivity contribution in [3.8, 4) is 0 Å². The van der Waals surface area contributed by atoms with E-state index in [-0.39, 0.29) is 0 Å². The highest BCUT2D eigenvalue weighted by atomic mass is 14.9. The third-order valence-corrected chi connectivity index (χ3v) is 2.07. The van der Waals surface area contributed by atoms with E-state index in [2.05, 4.69) is 11.4 Å². The largest absolute Gasteiger partial charge is 0.399 e. The molecule has 1 aromatic rings. The van der Waals surface area contributed by atoms with Gasteiger partial charge in [0.25, 0.3) is 0 Å². The highest BCUT2D eigenvalue weighted by Gasteiger charge is 2.06. The Morgan fingerprint density at radius 1 is 1.31 bits per heavy atom. The summed E-state index contributed by atoms with van der Waals surface area (Å²) in [6.45, 7) is 5.08. The molecule has 3 N–H and O–H groups in total. The molecule has 72 valence electrons. The van der Waals surface area contributed by atoms with Crippen LogP contribution in [0.25, 0.3) is 0 Å². The zero-order valence-corrected chi connectivity index (χ0v) is 8.43. The minimum absolute atomic E-state index is 0.846. The SMILES string of the molecule is CC.Nc1ccc2c(c1)NCCC2. The van der Waals surface area contributed by atoms with Crippen LogP contribution < -0.4 is 11.1 Å². The van der Waals surface area contributed by atoms with Crippen molar-refractivity contribution in [2.75, 3.05) is 17.6 Å². The molecular weight excluding hydrogens is 160 g/mol. The second-order valence-corrected chi connectivity index (χ2v) is 2.95. The van der Waals surface area contributed by atoms with Crippen molar-refractivity contribution in [2.24, 2.45) is 0 Å². The Hall–Kier alpha value is -1.18. The Kier molecular flexibility index (Phi) is 3.62. The Morgan fingerprint density at radius 2 is 2.08 bits per heavy atom. The van der Waals surface area contributed by atoms with Gasteiger partial charge in [0.05, 0.1) is 0 Å². The lowest BCUT2D eigenvalue weighted by Gasteiger charge is -2.17. The number of fused-ring (bicyclic) bond motifs is 1. The van der Waals surface area contributed by atoms with Crippen LogP contribution in [0.5, 0.6) is 0 Å². The highest BCUT2D eigenvalue weighted by Crippen LogP contribution is 2.23. The normalized spacial score (nSPS) is 13.4. The second-order valence-electron chi connectivity index (χ2n) is 2.95. The van der Waals surface area contributed by atoms with Gasteiger partial charge in [0.1, 0.15) is 0 Å². The first-order chi connectivity index (χ1) is 6.36. The van der Waals surface area contributed by atoms with Crippen molar-refractivity contribution in [1.29, 1.82) is 0 Å². The van der Waals surface area contributed by atoms with Crippen molar-refractivity contribution in [2.45, 2.75) is 26.7 Å². The highest BCUT2D eigenvalue weighted by molar-refractivity contribution is 5.60. The van der Waals surface area contributed by atoms with Crippen LogP contribution in [0.4, 0.5) is 11.4 Å². The smallest absolute Gasteiger partial charge is 0.0393 e. The van der Waals surface area contributed by atoms with Crippen molar-refractivity contribution in [1.82, 2.24) is 0 Å². The fourth-order valence-corrected chi connectivity index (χ4v) is 1.48. The summed E-state index contributed by atoms with van der Waals surface area (Å²) in [5.41, 5.74) is 9.10. The molecule has 2 rings (SSSR count). The first-order valence-corrected chi connectivity index (χ1v) is 4.98. The quantitative estimate of drug-likeness (QED) is 0.599. The van der Waals surface area contributed by atoms with Crippen LogP contribution in [-0.4, -0.2) is 6.54 Å². The average molecular weight is 178 g/mol. The maximum atomic E-state index is 5.64. The van der Waals surface area contributed by atoms with Gasteiger partial charge in [-0.25, -0.2) is 0 Å². The van der Waals surface area contributed by atoms with Crippen molar-refractivity contribution in [3.05, 3.63) is 23.8 Å². The summed E-state index contributed by atoms with van der Waals surface area (Å²) in [7, 11) is 0. The number of nitrogens with one attached hydrogen (secondary N) is 1. The van der Waals surface area contributed by atoms with E-state index in [1.807, 2.05) is 26.0 Å². The molecule has 1 aliphatic rings. The summed E-state index contributed by atoms with van der Waals surface area (Å²) in [5, 5.41) is 3.32. The van der Waals surface area contributed by atoms with Gasteiger partial charge < -0.3 is 11.1 Å². The van der Waals surface area contributed by atoms with E-state index in [1.54, 1.807) is 0 Å². The van der Waals surface area contributed by atoms with Gasteiger partial charge in [-0.3, -0.25) is 0 Å². The zero-order valence-electron chi connectivity index (χ0n) is 8.43. The summed E-state index contributed by atoms with van der Waals surface area (Å²) in [6, 6.07) is 6.08. The van der Waals surface area contributed by atoms with Gasteiger partial charge in [-0.15, -0.1) is 0 Å². The Bertz CT molecular complexity index is 269. The van der Waals surface area contributed by atoms with Crippen LogP contribution in [0.1, 0.15) is 25.8 Å². The van der Waals surface area contributed by atoms with E-state index in [0.717, 1.165) is 12.2 Å². The first-order valence-electron chi connectivity index (χ1n) is 4.98. The van der Waals surface area contributed by atoms with Crippen molar-refractivity contribution in [3.63, 3.8) is 0 Å². The lowest BCUT2D eigenvalue weighted by atomic mass is 10.0. The van der Waals surface area contributed by atoms with Crippen LogP contribution in [0, 0.1) is 0 Å². The van der Waals surface area contributed by atoms with Gasteiger partial charge in [0, 0.05) is 17.9 Å².